The van der Waals surface area contributed by atoms with Crippen molar-refractivity contribution in [1.29, 1.82) is 0 Å². The van der Waals surface area contributed by atoms with Crippen molar-refractivity contribution in [2.24, 2.45) is 0 Å². The average molecular weight is 926 g/mol. The van der Waals surface area contributed by atoms with Gasteiger partial charge in [0.15, 0.2) is 23.8 Å². The molecule has 7 atom stereocenters. The number of nitrogens with zero attached hydrogens (tertiary/aromatic N) is 4. The number of aliphatic hydroxyl groups is 2. The number of anilines is 1. The molecule has 2 aromatic rings. The number of nitrogen functional groups attached to an aromatic ring is 1. The van der Waals surface area contributed by atoms with E-state index < -0.39 is 72.2 Å². The Morgan fingerprint density at radius 1 is 0.966 bits per heavy atom. The fourth-order valence-corrected chi connectivity index (χ4v) is 10.6. The minimum Gasteiger partial charge on any atom is -0.386 e. The summed E-state index contributed by atoms with van der Waals surface area (Å²) in [5.74, 6) is 0.238. The van der Waals surface area contributed by atoms with Gasteiger partial charge in [0.2, 0.25) is 5.91 Å². The van der Waals surface area contributed by atoms with Crippen LogP contribution < -0.4 is 16.4 Å². The van der Waals surface area contributed by atoms with Crippen LogP contribution in [-0.4, -0.2) is 122 Å². The molecule has 0 aliphatic carbocycles. The molecular weight excluding hydrogens is 871 g/mol. The van der Waals surface area contributed by atoms with E-state index in [9.17, 15) is 53.1 Å². The van der Waals surface area contributed by atoms with Gasteiger partial charge in [0.25, 0.3) is 5.91 Å². The van der Waals surface area contributed by atoms with E-state index in [1.54, 1.807) is 21.6 Å². The van der Waals surface area contributed by atoms with Gasteiger partial charge in [-0.1, -0.05) is 73.5 Å². The predicted octanol–water partition coefficient (Wildman–Crippen LogP) is 2.68. The Bertz CT molecular complexity index is 1780. The molecule has 3 heterocycles. The zero-order valence-electron chi connectivity index (χ0n) is 32.2. The normalized spacial score (nSPS) is 21.4. The Hall–Kier alpha value is -1.76. The lowest BCUT2D eigenvalue weighted by Gasteiger charge is -2.31. The molecule has 10 N–H and O–H groups in total. The second-order valence-electron chi connectivity index (χ2n) is 13.6. The summed E-state index contributed by atoms with van der Waals surface area (Å²) in [6, 6.07) is 0. The third kappa shape index (κ3) is 16.9. The van der Waals surface area contributed by atoms with E-state index in [0.717, 1.165) is 43.2 Å². The predicted molar refractivity (Wildman–Crippen MR) is 213 cm³/mol. The highest BCUT2D eigenvalue weighted by atomic mass is 33.1. The van der Waals surface area contributed by atoms with Crippen molar-refractivity contribution < 1.29 is 75.7 Å². The van der Waals surface area contributed by atoms with Crippen molar-refractivity contribution in [2.75, 3.05) is 36.9 Å². The summed E-state index contributed by atoms with van der Waals surface area (Å²) >= 11 is 0. The second-order valence-corrected chi connectivity index (χ2v) is 20.5. The molecule has 0 aromatic carbocycles. The number of phosphoric ester groups is 3. The molecule has 0 bridgehead atoms. The number of aliphatic hydroxyl groups excluding tert-OH is 2. The van der Waals surface area contributed by atoms with Crippen LogP contribution >= 0.6 is 45.1 Å². The van der Waals surface area contributed by atoms with E-state index in [4.69, 9.17) is 19.5 Å². The lowest BCUT2D eigenvalue weighted by Crippen LogP contribution is -2.49. The van der Waals surface area contributed by atoms with Crippen molar-refractivity contribution in [3.8, 4) is 0 Å². The Morgan fingerprint density at radius 3 is 2.29 bits per heavy atom. The van der Waals surface area contributed by atoms with E-state index in [0.29, 0.717) is 12.3 Å². The standard InChI is InChI=1S/C30H54N7O16P3S2/c1-4-5-6-7-8-9-10-11-15-57-58-16-14-32-21(38)12-13-33-28(41)25(40)30(2,3)52-56(47,48)53-55(45,46)49-17-20-24(51-54(42,43)44)23(39)29(50-20)37-19-36-22-26(31)34-18-35-27(22)37/h18-20,23-25,29,39-40H,4-17H2,1-3H3,(H,32,38)(H,33,41)(H,45,46)(H,47,48)(H2,31,34,35)(H2,42,43,44). The molecule has 1 aliphatic heterocycles. The topological polar surface area (TPSA) is 347 Å². The van der Waals surface area contributed by atoms with Crippen LogP contribution in [0.2, 0.25) is 0 Å². The van der Waals surface area contributed by atoms with Gasteiger partial charge in [0, 0.05) is 31.0 Å². The van der Waals surface area contributed by atoms with E-state index in [1.165, 1.54) is 44.9 Å². The summed E-state index contributed by atoms with van der Waals surface area (Å²) in [6.45, 7) is 3.29. The molecule has 1 fully saturated rings. The number of unbranched alkanes of at least 4 members (excludes halogenated alkanes) is 7. The minimum absolute atomic E-state index is 0.0327. The van der Waals surface area contributed by atoms with Crippen LogP contribution in [0.15, 0.2) is 12.7 Å². The highest BCUT2D eigenvalue weighted by molar-refractivity contribution is 8.76. The Morgan fingerprint density at radius 2 is 1.62 bits per heavy atom. The molecule has 7 unspecified atom stereocenters. The van der Waals surface area contributed by atoms with E-state index in [1.807, 2.05) is 0 Å². The molecule has 1 aliphatic rings. The average Bonchev–Trinajstić information content (AvgIpc) is 3.68. The fraction of sp³-hybridized carbons (Fsp3) is 0.767. The zero-order chi connectivity index (χ0) is 43.1. The summed E-state index contributed by atoms with van der Waals surface area (Å²) in [6.07, 6.45) is 2.89. The Labute approximate surface area is 343 Å². The SMILES string of the molecule is CCCCCCCCCCSSCCNC(=O)CCNC(=O)C(O)C(C)(C)OP(=O)(O)OP(=O)(O)OCC1OC(n2cnc3c(N)ncnc32)C(O)C1OP(=O)(O)O. The number of rotatable bonds is 28. The zero-order valence-corrected chi connectivity index (χ0v) is 36.5. The molecule has 2 amide bonds. The molecule has 332 valence electrons. The molecule has 0 radical (unpaired) electrons. The number of nitrogens with two attached hydrogens (primary N) is 1. The first-order valence-corrected chi connectivity index (χ1v) is 25.4. The molecular formula is C30H54N7O16P3S2. The number of carbonyl (C=O) groups excluding carboxylic acids is 2. The van der Waals surface area contributed by atoms with Gasteiger partial charge in [0.05, 0.1) is 12.9 Å². The van der Waals surface area contributed by atoms with Crippen LogP contribution in [0.4, 0.5) is 5.82 Å². The number of amides is 2. The summed E-state index contributed by atoms with van der Waals surface area (Å²) in [7, 11) is -13.2. The number of aromatic nitrogens is 4. The number of ether oxygens (including phenoxy) is 1. The minimum atomic E-state index is -5.64. The van der Waals surface area contributed by atoms with Crippen LogP contribution in [0.25, 0.3) is 11.2 Å². The number of fused-ring (bicyclic) bond motifs is 1. The number of imidazole rings is 1. The van der Waals surface area contributed by atoms with Crippen LogP contribution in [0.3, 0.4) is 0 Å². The third-order valence-electron chi connectivity index (χ3n) is 8.42. The first-order chi connectivity index (χ1) is 27.2. The lowest BCUT2D eigenvalue weighted by atomic mass is 10.0. The smallest absolute Gasteiger partial charge is 0.386 e. The fourth-order valence-electron chi connectivity index (χ4n) is 5.56. The van der Waals surface area contributed by atoms with Gasteiger partial charge in [-0.3, -0.25) is 27.7 Å². The molecule has 3 rings (SSSR count). The van der Waals surface area contributed by atoms with Gasteiger partial charge in [-0.05, 0) is 20.3 Å². The lowest BCUT2D eigenvalue weighted by molar-refractivity contribution is -0.140. The van der Waals surface area contributed by atoms with Crippen molar-refractivity contribution in [3.05, 3.63) is 12.7 Å². The summed E-state index contributed by atoms with van der Waals surface area (Å²) in [4.78, 5) is 75.9. The van der Waals surface area contributed by atoms with E-state index >= 15 is 0 Å². The highest BCUT2D eigenvalue weighted by Crippen LogP contribution is 2.62. The first kappa shape index (κ1) is 50.6. The number of phosphoric acid groups is 3. The maximum Gasteiger partial charge on any atom is 0.481 e. The van der Waals surface area contributed by atoms with E-state index in [-0.39, 0.29) is 35.9 Å². The van der Waals surface area contributed by atoms with Gasteiger partial charge in [-0.25, -0.2) is 28.6 Å². The van der Waals surface area contributed by atoms with Crippen molar-refractivity contribution in [3.63, 3.8) is 0 Å². The van der Waals surface area contributed by atoms with Crippen LogP contribution in [0, 0.1) is 0 Å². The van der Waals surface area contributed by atoms with Gasteiger partial charge in [-0.15, -0.1) is 0 Å². The summed E-state index contributed by atoms with van der Waals surface area (Å²) in [5.41, 5.74) is 3.67. The number of nitrogens with one attached hydrogen (secondary N) is 2. The van der Waals surface area contributed by atoms with Crippen LogP contribution in [0.5, 0.6) is 0 Å². The number of hydrogen-bond acceptors (Lipinski definition) is 18. The number of carbonyl (C=O) groups is 2. The van der Waals surface area contributed by atoms with Gasteiger partial charge < -0.3 is 50.9 Å². The Kier molecular flexibility index (Phi) is 20.5. The Balaban J connectivity index is 1.42. The molecule has 1 saturated heterocycles. The molecule has 2 aromatic heterocycles. The largest absolute Gasteiger partial charge is 0.481 e. The number of hydrogen-bond donors (Lipinski definition) is 9. The second kappa shape index (κ2) is 23.5. The monoisotopic (exact) mass is 925 g/mol. The van der Waals surface area contributed by atoms with Gasteiger partial charge in [0.1, 0.15) is 35.8 Å². The third-order valence-corrected chi connectivity index (χ3v) is 14.3. The van der Waals surface area contributed by atoms with Crippen molar-refractivity contribution in [1.82, 2.24) is 30.2 Å². The maximum absolute atomic E-state index is 12.8. The first-order valence-electron chi connectivity index (χ1n) is 18.4. The summed E-state index contributed by atoms with van der Waals surface area (Å²) < 4.78 is 62.5. The molecule has 28 heteroatoms. The summed E-state index contributed by atoms with van der Waals surface area (Å²) in [5, 5.41) is 26.5. The van der Waals surface area contributed by atoms with Crippen molar-refractivity contribution in [2.45, 2.75) is 115 Å². The van der Waals surface area contributed by atoms with Crippen LogP contribution in [-0.2, 0) is 45.9 Å². The van der Waals surface area contributed by atoms with Gasteiger partial charge >= 0.3 is 23.5 Å². The maximum atomic E-state index is 12.8. The van der Waals surface area contributed by atoms with E-state index in [2.05, 4.69) is 41.3 Å². The molecule has 0 spiro atoms. The highest BCUT2D eigenvalue weighted by Gasteiger charge is 2.51. The van der Waals surface area contributed by atoms with Crippen LogP contribution in [0.1, 0.15) is 84.8 Å². The molecule has 23 nitrogen and oxygen atoms in total. The molecule has 0 saturated carbocycles. The molecule has 58 heavy (non-hydrogen) atoms. The quantitative estimate of drug-likeness (QED) is 0.0336. The van der Waals surface area contributed by atoms with Crippen molar-refractivity contribution >= 4 is 73.9 Å². The van der Waals surface area contributed by atoms with Gasteiger partial charge in [-0.2, -0.15) is 4.31 Å².